The lowest BCUT2D eigenvalue weighted by molar-refractivity contribution is 0.374. The number of benzene rings is 2. The average Bonchev–Trinajstić information content (AvgIpc) is 3.51. The fourth-order valence-electron chi connectivity index (χ4n) is 4.64. The second kappa shape index (κ2) is 9.10. The molecule has 2 heterocycles. The van der Waals surface area contributed by atoms with Gasteiger partial charge in [-0.15, -0.1) is 5.10 Å². The summed E-state index contributed by atoms with van der Waals surface area (Å²) in [4.78, 5) is 5.02. The van der Waals surface area contributed by atoms with Crippen molar-refractivity contribution in [3.05, 3.63) is 65.7 Å². The third-order valence-electron chi connectivity index (χ3n) is 6.63. The van der Waals surface area contributed by atoms with Crippen molar-refractivity contribution < 1.29 is 0 Å². The lowest BCUT2D eigenvalue weighted by atomic mass is 9.86. The standard InChI is InChI=1S/C26H32N8/c1-26(2,3)25-28-24(19-12-14-20(27)15-13-19)34(31-25)16-17-8-10-18(11-9-17)21-6-4-5-7-22(21)23-29-32-33-30-23/h4-11,19-20H,12-16,27H2,1-3H3,(H,29,30,32,33). The first-order valence-electron chi connectivity index (χ1n) is 12.0. The predicted octanol–water partition coefficient (Wildman–Crippen LogP) is 4.46. The quantitative estimate of drug-likeness (QED) is 0.459. The van der Waals surface area contributed by atoms with Crippen LogP contribution in [0.1, 0.15) is 69.6 Å². The maximum atomic E-state index is 6.16. The van der Waals surface area contributed by atoms with E-state index in [1.54, 1.807) is 0 Å². The predicted molar refractivity (Wildman–Crippen MR) is 132 cm³/mol. The number of H-pyrrole nitrogens is 1. The van der Waals surface area contributed by atoms with Crippen molar-refractivity contribution in [2.45, 2.75) is 70.4 Å². The molecule has 1 aliphatic carbocycles. The molecule has 0 spiro atoms. The average molecular weight is 457 g/mol. The number of aromatic amines is 1. The van der Waals surface area contributed by atoms with E-state index in [0.717, 1.165) is 54.0 Å². The van der Waals surface area contributed by atoms with Crippen LogP contribution in [0, 0.1) is 0 Å². The molecule has 0 bridgehead atoms. The number of hydrogen-bond acceptors (Lipinski definition) is 6. The van der Waals surface area contributed by atoms with Crippen LogP contribution in [0.3, 0.4) is 0 Å². The van der Waals surface area contributed by atoms with Crippen molar-refractivity contribution in [1.82, 2.24) is 35.4 Å². The molecular formula is C26H32N8. The number of hydrogen-bond donors (Lipinski definition) is 2. The van der Waals surface area contributed by atoms with Crippen LogP contribution in [0.4, 0.5) is 0 Å². The maximum Gasteiger partial charge on any atom is 0.180 e. The van der Waals surface area contributed by atoms with Gasteiger partial charge in [-0.05, 0) is 52.8 Å². The van der Waals surface area contributed by atoms with Gasteiger partial charge in [0, 0.05) is 22.9 Å². The van der Waals surface area contributed by atoms with Crippen LogP contribution in [-0.4, -0.2) is 41.4 Å². The Morgan fingerprint density at radius 3 is 2.32 bits per heavy atom. The molecule has 0 saturated heterocycles. The largest absolute Gasteiger partial charge is 0.328 e. The number of nitrogens with zero attached hydrogens (tertiary/aromatic N) is 6. The van der Waals surface area contributed by atoms with Gasteiger partial charge in [0.2, 0.25) is 0 Å². The van der Waals surface area contributed by atoms with Crippen LogP contribution in [0.15, 0.2) is 48.5 Å². The second-order valence-corrected chi connectivity index (χ2v) is 10.3. The molecule has 0 atom stereocenters. The normalized spacial score (nSPS) is 18.8. The van der Waals surface area contributed by atoms with E-state index < -0.39 is 0 Å². The summed E-state index contributed by atoms with van der Waals surface area (Å²) in [6, 6.07) is 17.1. The topological polar surface area (TPSA) is 111 Å². The molecule has 3 N–H and O–H groups in total. The van der Waals surface area contributed by atoms with E-state index in [1.807, 2.05) is 18.2 Å². The van der Waals surface area contributed by atoms with Gasteiger partial charge in [0.25, 0.3) is 0 Å². The zero-order valence-corrected chi connectivity index (χ0v) is 20.1. The maximum absolute atomic E-state index is 6.16. The molecule has 2 aromatic heterocycles. The van der Waals surface area contributed by atoms with Gasteiger partial charge in [-0.25, -0.2) is 14.8 Å². The summed E-state index contributed by atoms with van der Waals surface area (Å²) in [7, 11) is 0. The van der Waals surface area contributed by atoms with Gasteiger partial charge in [0.15, 0.2) is 11.6 Å². The monoisotopic (exact) mass is 456 g/mol. The molecule has 0 radical (unpaired) electrons. The van der Waals surface area contributed by atoms with Crippen molar-refractivity contribution in [3.8, 4) is 22.5 Å². The van der Waals surface area contributed by atoms with Crippen LogP contribution < -0.4 is 5.73 Å². The van der Waals surface area contributed by atoms with Crippen molar-refractivity contribution >= 4 is 0 Å². The van der Waals surface area contributed by atoms with E-state index in [9.17, 15) is 0 Å². The molecular weight excluding hydrogens is 424 g/mol. The summed E-state index contributed by atoms with van der Waals surface area (Å²) in [6.07, 6.45) is 4.26. The molecule has 1 aliphatic rings. The van der Waals surface area contributed by atoms with E-state index in [2.05, 4.69) is 76.4 Å². The van der Waals surface area contributed by atoms with Crippen molar-refractivity contribution in [3.63, 3.8) is 0 Å². The molecule has 0 unspecified atom stereocenters. The zero-order valence-electron chi connectivity index (χ0n) is 20.1. The highest BCUT2D eigenvalue weighted by atomic mass is 15.5. The van der Waals surface area contributed by atoms with Gasteiger partial charge >= 0.3 is 0 Å². The number of nitrogens with two attached hydrogens (primary N) is 1. The molecule has 0 aliphatic heterocycles. The molecule has 8 nitrogen and oxygen atoms in total. The summed E-state index contributed by atoms with van der Waals surface area (Å²) in [5.41, 5.74) is 10.4. The first kappa shape index (κ1) is 22.4. The summed E-state index contributed by atoms with van der Waals surface area (Å²) in [5, 5.41) is 19.3. The number of rotatable bonds is 5. The van der Waals surface area contributed by atoms with E-state index in [-0.39, 0.29) is 5.41 Å². The van der Waals surface area contributed by atoms with Crippen LogP contribution in [0.2, 0.25) is 0 Å². The fraction of sp³-hybridized carbons (Fsp3) is 0.423. The summed E-state index contributed by atoms with van der Waals surface area (Å²) in [6.45, 7) is 7.21. The van der Waals surface area contributed by atoms with Gasteiger partial charge in [-0.1, -0.05) is 69.3 Å². The van der Waals surface area contributed by atoms with Gasteiger partial charge in [-0.3, -0.25) is 0 Å². The fourth-order valence-corrected chi connectivity index (χ4v) is 4.64. The van der Waals surface area contributed by atoms with Gasteiger partial charge in [0.1, 0.15) is 5.82 Å². The Hall–Kier alpha value is -3.39. The van der Waals surface area contributed by atoms with Crippen molar-refractivity contribution in [2.24, 2.45) is 5.73 Å². The van der Waals surface area contributed by atoms with Crippen molar-refractivity contribution in [1.29, 1.82) is 0 Å². The number of aromatic nitrogens is 7. The summed E-state index contributed by atoms with van der Waals surface area (Å²) < 4.78 is 2.12. The molecule has 1 saturated carbocycles. The smallest absolute Gasteiger partial charge is 0.180 e. The van der Waals surface area contributed by atoms with Crippen LogP contribution >= 0.6 is 0 Å². The zero-order chi connectivity index (χ0) is 23.7. The Balaban J connectivity index is 1.42. The molecule has 176 valence electrons. The van der Waals surface area contributed by atoms with Crippen molar-refractivity contribution in [2.75, 3.05) is 0 Å². The Morgan fingerprint density at radius 2 is 1.68 bits per heavy atom. The minimum Gasteiger partial charge on any atom is -0.328 e. The minimum absolute atomic E-state index is 0.0891. The molecule has 4 aromatic rings. The van der Waals surface area contributed by atoms with Gasteiger partial charge in [-0.2, -0.15) is 5.10 Å². The molecule has 2 aromatic carbocycles. The molecule has 1 fully saturated rings. The SMILES string of the molecule is CC(C)(C)c1nc(C2CCC(N)CC2)n(Cc2ccc(-c3ccccc3-c3nnn[nH]3)cc2)n1. The first-order chi connectivity index (χ1) is 16.4. The third kappa shape index (κ3) is 4.63. The van der Waals surface area contributed by atoms with E-state index in [4.69, 9.17) is 15.8 Å². The molecule has 34 heavy (non-hydrogen) atoms. The highest BCUT2D eigenvalue weighted by molar-refractivity contribution is 5.80. The third-order valence-corrected chi connectivity index (χ3v) is 6.63. The minimum atomic E-state index is -0.0891. The van der Waals surface area contributed by atoms with Gasteiger partial charge < -0.3 is 5.73 Å². The summed E-state index contributed by atoms with van der Waals surface area (Å²) in [5.74, 6) is 3.09. The number of nitrogens with one attached hydrogen (secondary N) is 1. The van der Waals surface area contributed by atoms with E-state index in [0.29, 0.717) is 24.3 Å². The highest BCUT2D eigenvalue weighted by Gasteiger charge is 2.28. The van der Waals surface area contributed by atoms with E-state index in [1.165, 1.54) is 5.56 Å². The lowest BCUT2D eigenvalue weighted by Gasteiger charge is -2.25. The van der Waals surface area contributed by atoms with E-state index >= 15 is 0 Å². The highest BCUT2D eigenvalue weighted by Crippen LogP contribution is 2.33. The van der Waals surface area contributed by atoms with Crippen LogP contribution in [0.25, 0.3) is 22.5 Å². The summed E-state index contributed by atoms with van der Waals surface area (Å²) >= 11 is 0. The molecule has 5 rings (SSSR count). The van der Waals surface area contributed by atoms with Gasteiger partial charge in [0.05, 0.1) is 6.54 Å². The Kier molecular flexibility index (Phi) is 6.00. The Morgan fingerprint density at radius 1 is 0.971 bits per heavy atom. The van der Waals surface area contributed by atoms with Crippen LogP contribution in [0.5, 0.6) is 0 Å². The lowest BCUT2D eigenvalue weighted by Crippen LogP contribution is -2.27. The Bertz CT molecular complexity index is 1230. The Labute approximate surface area is 200 Å². The van der Waals surface area contributed by atoms with Crippen LogP contribution in [-0.2, 0) is 12.0 Å². The first-order valence-corrected chi connectivity index (χ1v) is 12.0. The molecule has 0 amide bonds. The molecule has 8 heteroatoms. The number of tetrazole rings is 1. The second-order valence-electron chi connectivity index (χ2n) is 10.3.